The van der Waals surface area contributed by atoms with Gasteiger partial charge >= 0.3 is 0 Å². The third kappa shape index (κ3) is 1.82. The molecule has 10 heavy (non-hydrogen) atoms. The van der Waals surface area contributed by atoms with Crippen LogP contribution in [0, 0.1) is 0 Å². The summed E-state index contributed by atoms with van der Waals surface area (Å²) in [5, 5.41) is 1.92. The van der Waals surface area contributed by atoms with Crippen molar-refractivity contribution in [3.8, 4) is 0 Å². The van der Waals surface area contributed by atoms with Gasteiger partial charge in [0.1, 0.15) is 0 Å². The molecule has 2 nitrogen and oxygen atoms in total. The molecular weight excluding hydrogens is 214 g/mol. The summed E-state index contributed by atoms with van der Waals surface area (Å²) in [6.07, 6.45) is 0.332. The van der Waals surface area contributed by atoms with Crippen LogP contribution in [0.3, 0.4) is 0 Å². The van der Waals surface area contributed by atoms with E-state index >= 15 is 0 Å². The maximum atomic E-state index is 10.4. The van der Waals surface area contributed by atoms with Crippen molar-refractivity contribution in [2.75, 3.05) is 0 Å². The number of primary amides is 1. The number of hydrogen-bond donors (Lipinski definition) is 1. The molecule has 0 aromatic carbocycles. The van der Waals surface area contributed by atoms with Crippen LogP contribution in [-0.2, 0) is 11.2 Å². The Hall–Kier alpha value is -0.350. The summed E-state index contributed by atoms with van der Waals surface area (Å²) in [7, 11) is 0. The predicted octanol–water partition coefficient (Wildman–Crippen LogP) is 1.54. The smallest absolute Gasteiger partial charge is 0.222 e. The van der Waals surface area contributed by atoms with E-state index in [0.717, 1.165) is 9.35 Å². The van der Waals surface area contributed by atoms with Crippen LogP contribution in [-0.4, -0.2) is 5.91 Å². The summed E-state index contributed by atoms with van der Waals surface area (Å²) in [5.41, 5.74) is 5.00. The maximum absolute atomic E-state index is 10.4. The molecule has 2 N–H and O–H groups in total. The van der Waals surface area contributed by atoms with Crippen molar-refractivity contribution in [3.05, 3.63) is 20.8 Å². The van der Waals surface area contributed by atoms with Crippen LogP contribution in [0.1, 0.15) is 4.88 Å². The number of amides is 1. The molecule has 1 heterocycles. The van der Waals surface area contributed by atoms with Crippen molar-refractivity contribution < 1.29 is 4.79 Å². The van der Waals surface area contributed by atoms with E-state index in [2.05, 4.69) is 15.9 Å². The van der Waals surface area contributed by atoms with Crippen LogP contribution in [0.2, 0.25) is 0 Å². The number of halogens is 1. The normalized spacial score (nSPS) is 9.70. The summed E-state index contributed by atoms with van der Waals surface area (Å²) >= 11 is 4.83. The highest BCUT2D eigenvalue weighted by molar-refractivity contribution is 9.10. The molecule has 0 fully saturated rings. The molecule has 0 aliphatic carbocycles. The zero-order valence-electron chi connectivity index (χ0n) is 5.13. The van der Waals surface area contributed by atoms with Gasteiger partial charge in [0.05, 0.1) is 6.42 Å². The molecule has 0 spiro atoms. The molecule has 1 amide bonds. The Morgan fingerprint density at radius 2 is 2.50 bits per heavy atom. The molecule has 0 bridgehead atoms. The first-order valence-electron chi connectivity index (χ1n) is 2.70. The van der Waals surface area contributed by atoms with Gasteiger partial charge in [0.25, 0.3) is 0 Å². The van der Waals surface area contributed by atoms with Crippen LogP contribution in [0.25, 0.3) is 0 Å². The molecule has 1 aromatic heterocycles. The highest BCUT2D eigenvalue weighted by atomic mass is 79.9. The van der Waals surface area contributed by atoms with Gasteiger partial charge in [-0.2, -0.15) is 0 Å². The highest BCUT2D eigenvalue weighted by Crippen LogP contribution is 2.22. The molecule has 1 aromatic rings. The largest absolute Gasteiger partial charge is 0.369 e. The molecule has 54 valence electrons. The highest BCUT2D eigenvalue weighted by Gasteiger charge is 2.03. The second-order valence-electron chi connectivity index (χ2n) is 1.83. The lowest BCUT2D eigenvalue weighted by Crippen LogP contribution is -2.12. The van der Waals surface area contributed by atoms with Crippen LogP contribution >= 0.6 is 27.3 Å². The number of carbonyl (C=O) groups excluding carboxylic acids is 1. The average Bonchev–Trinajstić information content (AvgIpc) is 2.15. The summed E-state index contributed by atoms with van der Waals surface area (Å²) < 4.78 is 0.969. The van der Waals surface area contributed by atoms with E-state index in [4.69, 9.17) is 5.73 Å². The first kappa shape index (κ1) is 7.75. The van der Waals surface area contributed by atoms with Gasteiger partial charge in [-0.15, -0.1) is 11.3 Å². The zero-order valence-corrected chi connectivity index (χ0v) is 7.54. The minimum absolute atomic E-state index is 0.289. The second-order valence-corrected chi connectivity index (χ2v) is 3.69. The Morgan fingerprint density at radius 1 is 1.80 bits per heavy atom. The van der Waals surface area contributed by atoms with Gasteiger partial charge in [0.2, 0.25) is 5.91 Å². The van der Waals surface area contributed by atoms with Crippen molar-refractivity contribution in [2.24, 2.45) is 5.73 Å². The first-order valence-corrected chi connectivity index (χ1v) is 4.37. The van der Waals surface area contributed by atoms with E-state index in [0.29, 0.717) is 6.42 Å². The lowest BCUT2D eigenvalue weighted by atomic mass is 10.3. The van der Waals surface area contributed by atoms with E-state index in [1.165, 1.54) is 11.3 Å². The van der Waals surface area contributed by atoms with Crippen LogP contribution in [0.4, 0.5) is 0 Å². The standard InChI is InChI=1S/C6H6BrNOS/c7-4-1-2-10-5(4)3-6(8)9/h1-2H,3H2,(H2,8,9). The van der Waals surface area contributed by atoms with E-state index in [1.54, 1.807) is 0 Å². The monoisotopic (exact) mass is 219 g/mol. The Labute approximate surface area is 71.2 Å². The SMILES string of the molecule is NC(=O)Cc1sccc1Br. The summed E-state index contributed by atoms with van der Waals surface area (Å²) in [6, 6.07) is 1.91. The maximum Gasteiger partial charge on any atom is 0.222 e. The average molecular weight is 220 g/mol. The molecule has 0 atom stereocenters. The molecule has 0 aliphatic heterocycles. The molecule has 0 aliphatic rings. The van der Waals surface area contributed by atoms with Gasteiger partial charge in [0, 0.05) is 9.35 Å². The molecule has 0 saturated heterocycles. The lowest BCUT2D eigenvalue weighted by molar-refractivity contribution is -0.117. The van der Waals surface area contributed by atoms with Crippen molar-refractivity contribution >= 4 is 33.2 Å². The fraction of sp³-hybridized carbons (Fsp3) is 0.167. The van der Waals surface area contributed by atoms with Crippen molar-refractivity contribution in [2.45, 2.75) is 6.42 Å². The predicted molar refractivity (Wildman–Crippen MR) is 44.9 cm³/mol. The molecular formula is C6H6BrNOS. The van der Waals surface area contributed by atoms with Gasteiger partial charge in [-0.1, -0.05) is 0 Å². The third-order valence-corrected chi connectivity index (χ3v) is 2.95. The Bertz CT molecular complexity index is 246. The second kappa shape index (κ2) is 3.16. The van der Waals surface area contributed by atoms with Gasteiger partial charge in [0.15, 0.2) is 0 Å². The molecule has 4 heteroatoms. The number of nitrogens with two attached hydrogens (primary N) is 1. The number of thiophene rings is 1. The molecule has 0 unspecified atom stereocenters. The van der Waals surface area contributed by atoms with Crippen LogP contribution < -0.4 is 5.73 Å². The summed E-state index contributed by atoms with van der Waals surface area (Å²) in [5.74, 6) is -0.289. The van der Waals surface area contributed by atoms with E-state index in [1.807, 2.05) is 11.4 Å². The molecule has 1 rings (SSSR count). The minimum atomic E-state index is -0.289. The lowest BCUT2D eigenvalue weighted by Gasteiger charge is -1.90. The van der Waals surface area contributed by atoms with E-state index < -0.39 is 0 Å². The minimum Gasteiger partial charge on any atom is -0.369 e. The Balaban J connectivity index is 2.74. The topological polar surface area (TPSA) is 43.1 Å². The summed E-state index contributed by atoms with van der Waals surface area (Å²) in [6.45, 7) is 0. The van der Waals surface area contributed by atoms with Crippen LogP contribution in [0.15, 0.2) is 15.9 Å². The zero-order chi connectivity index (χ0) is 7.56. The van der Waals surface area contributed by atoms with Gasteiger partial charge in [-0.3, -0.25) is 4.79 Å². The fourth-order valence-corrected chi connectivity index (χ4v) is 2.11. The molecule has 0 radical (unpaired) electrons. The fourth-order valence-electron chi connectivity index (χ4n) is 0.609. The van der Waals surface area contributed by atoms with Gasteiger partial charge < -0.3 is 5.73 Å². The van der Waals surface area contributed by atoms with E-state index in [9.17, 15) is 4.79 Å². The third-order valence-electron chi connectivity index (χ3n) is 1.03. The summed E-state index contributed by atoms with van der Waals surface area (Å²) in [4.78, 5) is 11.4. The van der Waals surface area contributed by atoms with Crippen molar-refractivity contribution in [1.82, 2.24) is 0 Å². The van der Waals surface area contributed by atoms with Crippen LogP contribution in [0.5, 0.6) is 0 Å². The van der Waals surface area contributed by atoms with E-state index in [-0.39, 0.29) is 5.91 Å². The van der Waals surface area contributed by atoms with Gasteiger partial charge in [-0.05, 0) is 27.4 Å². The number of carbonyl (C=O) groups is 1. The number of hydrogen-bond acceptors (Lipinski definition) is 2. The van der Waals surface area contributed by atoms with Gasteiger partial charge in [-0.25, -0.2) is 0 Å². The van der Waals surface area contributed by atoms with Crippen molar-refractivity contribution in [3.63, 3.8) is 0 Å². The quantitative estimate of drug-likeness (QED) is 0.806. The molecule has 0 saturated carbocycles. The Kier molecular flexibility index (Phi) is 2.45. The Morgan fingerprint density at radius 3 is 2.90 bits per heavy atom. The number of rotatable bonds is 2. The first-order chi connectivity index (χ1) is 4.70. The van der Waals surface area contributed by atoms with Crippen molar-refractivity contribution in [1.29, 1.82) is 0 Å².